The molecule has 0 aliphatic rings. The van der Waals surface area contributed by atoms with Crippen LogP contribution >= 0.6 is 0 Å². The van der Waals surface area contributed by atoms with Crippen molar-refractivity contribution in [3.63, 3.8) is 0 Å². The Balaban J connectivity index is 1.54. The zero-order valence-electron chi connectivity index (χ0n) is 20.6. The lowest BCUT2D eigenvalue weighted by Crippen LogP contribution is -2.30. The largest absolute Gasteiger partial charge is 0.492 e. The number of benzene rings is 3. The van der Waals surface area contributed by atoms with Gasteiger partial charge in [-0.15, -0.1) is 0 Å². The van der Waals surface area contributed by atoms with Crippen molar-refractivity contribution in [3.8, 4) is 5.75 Å². The number of anilines is 1. The van der Waals surface area contributed by atoms with Crippen LogP contribution < -0.4 is 14.4 Å². The minimum absolute atomic E-state index is 0.0548. The van der Waals surface area contributed by atoms with E-state index < -0.39 is 25.9 Å². The molecule has 12 heteroatoms. The van der Waals surface area contributed by atoms with Crippen LogP contribution in [-0.2, 0) is 26.6 Å². The van der Waals surface area contributed by atoms with Gasteiger partial charge in [0.15, 0.2) is 0 Å². The van der Waals surface area contributed by atoms with Crippen molar-refractivity contribution in [3.05, 3.63) is 89.7 Å². The van der Waals surface area contributed by atoms with Crippen molar-refractivity contribution in [1.29, 1.82) is 0 Å². The third kappa shape index (κ3) is 7.28. The summed E-state index contributed by atoms with van der Waals surface area (Å²) in [6.07, 6.45) is 1.00. The van der Waals surface area contributed by atoms with Crippen LogP contribution in [0.3, 0.4) is 0 Å². The Kier molecular flexibility index (Phi) is 8.89. The minimum Gasteiger partial charge on any atom is -0.492 e. The number of carbonyl (C=O) groups excluding carboxylic acids is 1. The summed E-state index contributed by atoms with van der Waals surface area (Å²) in [5.74, 6) is -0.543. The van der Waals surface area contributed by atoms with Crippen LogP contribution in [-0.4, -0.2) is 60.6 Å². The molecule has 3 rings (SSSR count). The first-order valence-electron chi connectivity index (χ1n) is 11.1. The molecule has 3 aromatic carbocycles. The molecule has 0 aromatic heterocycles. The van der Waals surface area contributed by atoms with Crippen molar-refractivity contribution in [2.24, 2.45) is 0 Å². The number of nitrogens with zero attached hydrogens (tertiary/aromatic N) is 2. The number of nitrogens with one attached hydrogen (secondary N) is 1. The van der Waals surface area contributed by atoms with Gasteiger partial charge in [-0.2, -0.15) is 0 Å². The topological polar surface area (TPSA) is 113 Å². The third-order valence-electron chi connectivity index (χ3n) is 5.32. The molecule has 0 aliphatic heterocycles. The maximum atomic E-state index is 14.2. The fraction of sp³-hybridized carbons (Fsp3) is 0.240. The summed E-state index contributed by atoms with van der Waals surface area (Å²) >= 11 is 0. The fourth-order valence-corrected chi connectivity index (χ4v) is 5.11. The summed E-state index contributed by atoms with van der Waals surface area (Å²) in [6, 6.07) is 17.9. The van der Waals surface area contributed by atoms with E-state index in [1.807, 2.05) is 0 Å². The SMILES string of the molecule is CN(C)S(=O)(=O)c1ccc(OCCNC(=O)c2ccc(CN(c3ccccc3F)S(C)(=O)=O)cc2)cc1. The van der Waals surface area contributed by atoms with Crippen molar-refractivity contribution in [1.82, 2.24) is 9.62 Å². The number of para-hydroxylation sites is 1. The molecule has 0 unspecified atom stereocenters. The standard InChI is InChI=1S/C25H28FN3O6S2/c1-28(2)37(33,34)22-14-12-21(13-15-22)35-17-16-27-25(30)20-10-8-19(9-11-20)18-29(36(3,31)32)24-7-5-4-6-23(24)26/h4-15H,16-18H2,1-3H3,(H,27,30). The minimum atomic E-state index is -3.75. The first kappa shape index (κ1) is 28.1. The van der Waals surface area contributed by atoms with Crippen molar-refractivity contribution in [2.45, 2.75) is 11.4 Å². The number of ether oxygens (including phenoxy) is 1. The molecule has 0 aliphatic carbocycles. The summed E-state index contributed by atoms with van der Waals surface area (Å²) in [6.45, 7) is 0.271. The summed E-state index contributed by atoms with van der Waals surface area (Å²) in [5.41, 5.74) is 0.882. The first-order chi connectivity index (χ1) is 17.4. The number of hydrogen-bond acceptors (Lipinski definition) is 6. The average Bonchev–Trinajstić information content (AvgIpc) is 2.85. The van der Waals surface area contributed by atoms with E-state index in [0.717, 1.165) is 14.9 Å². The molecule has 37 heavy (non-hydrogen) atoms. The zero-order chi connectivity index (χ0) is 27.2. The van der Waals surface area contributed by atoms with Crippen LogP contribution in [0.5, 0.6) is 5.75 Å². The second-order valence-electron chi connectivity index (χ2n) is 8.28. The number of halogens is 1. The second kappa shape index (κ2) is 11.7. The number of rotatable bonds is 11. The lowest BCUT2D eigenvalue weighted by atomic mass is 10.1. The Morgan fingerprint density at radius 3 is 2.11 bits per heavy atom. The Bertz CT molecular complexity index is 1440. The molecule has 0 saturated heterocycles. The predicted octanol–water partition coefficient (Wildman–Crippen LogP) is 2.85. The normalized spacial score (nSPS) is 11.8. The van der Waals surface area contributed by atoms with Crippen LogP contribution in [0.4, 0.5) is 10.1 Å². The van der Waals surface area contributed by atoms with E-state index in [1.165, 1.54) is 56.6 Å². The van der Waals surface area contributed by atoms with E-state index in [9.17, 15) is 26.0 Å². The van der Waals surface area contributed by atoms with Gasteiger partial charge in [0.05, 0.1) is 29.9 Å². The van der Waals surface area contributed by atoms with Gasteiger partial charge >= 0.3 is 0 Å². The van der Waals surface area contributed by atoms with Gasteiger partial charge in [0.2, 0.25) is 20.0 Å². The monoisotopic (exact) mass is 549 g/mol. The van der Waals surface area contributed by atoms with Gasteiger partial charge in [-0.25, -0.2) is 25.5 Å². The van der Waals surface area contributed by atoms with Crippen LogP contribution in [0.1, 0.15) is 15.9 Å². The summed E-state index contributed by atoms with van der Waals surface area (Å²) in [4.78, 5) is 12.6. The molecule has 0 fully saturated rings. The van der Waals surface area contributed by atoms with Gasteiger partial charge in [0.1, 0.15) is 18.2 Å². The molecule has 1 amide bonds. The van der Waals surface area contributed by atoms with Crippen molar-refractivity contribution in [2.75, 3.05) is 37.8 Å². The van der Waals surface area contributed by atoms with Crippen molar-refractivity contribution >= 4 is 31.6 Å². The summed E-state index contributed by atoms with van der Waals surface area (Å²) in [7, 11) is -4.37. The summed E-state index contributed by atoms with van der Waals surface area (Å²) < 4.78 is 70.6. The van der Waals surface area contributed by atoms with Gasteiger partial charge in [0.25, 0.3) is 5.91 Å². The molecular weight excluding hydrogens is 521 g/mol. The number of amides is 1. The molecule has 1 N–H and O–H groups in total. The van der Waals surface area contributed by atoms with Gasteiger partial charge in [-0.1, -0.05) is 24.3 Å². The fourth-order valence-electron chi connectivity index (χ4n) is 3.32. The maximum absolute atomic E-state index is 14.2. The molecule has 9 nitrogen and oxygen atoms in total. The highest BCUT2D eigenvalue weighted by atomic mass is 32.2. The number of sulfonamides is 2. The Labute approximate surface area is 216 Å². The maximum Gasteiger partial charge on any atom is 0.251 e. The lowest BCUT2D eigenvalue weighted by molar-refractivity contribution is 0.0947. The van der Waals surface area contributed by atoms with Gasteiger partial charge in [0, 0.05) is 19.7 Å². The number of carbonyl (C=O) groups is 1. The molecule has 0 radical (unpaired) electrons. The molecule has 0 bridgehead atoms. The van der Waals surface area contributed by atoms with Crippen molar-refractivity contribution < 1.29 is 30.8 Å². The quantitative estimate of drug-likeness (QED) is 0.368. The van der Waals surface area contributed by atoms with E-state index in [0.29, 0.717) is 16.9 Å². The van der Waals surface area contributed by atoms with E-state index in [1.54, 1.807) is 30.3 Å². The van der Waals surface area contributed by atoms with E-state index in [-0.39, 0.29) is 36.2 Å². The lowest BCUT2D eigenvalue weighted by Gasteiger charge is -2.23. The molecule has 0 heterocycles. The third-order valence-corrected chi connectivity index (χ3v) is 8.28. The second-order valence-corrected chi connectivity index (χ2v) is 12.3. The summed E-state index contributed by atoms with van der Waals surface area (Å²) in [5, 5.41) is 2.72. The molecule has 3 aromatic rings. The highest BCUT2D eigenvalue weighted by Gasteiger charge is 2.21. The van der Waals surface area contributed by atoms with Crippen LogP contribution in [0.25, 0.3) is 0 Å². The van der Waals surface area contributed by atoms with E-state index in [2.05, 4.69) is 5.32 Å². The molecule has 0 atom stereocenters. The van der Waals surface area contributed by atoms with Gasteiger partial charge < -0.3 is 10.1 Å². The van der Waals surface area contributed by atoms with Crippen LogP contribution in [0, 0.1) is 5.82 Å². The smallest absolute Gasteiger partial charge is 0.251 e. The molecule has 198 valence electrons. The highest BCUT2D eigenvalue weighted by molar-refractivity contribution is 7.92. The molecule has 0 spiro atoms. The Hall–Kier alpha value is -3.48. The Morgan fingerprint density at radius 2 is 1.54 bits per heavy atom. The van der Waals surface area contributed by atoms with Gasteiger partial charge in [-0.05, 0) is 54.1 Å². The van der Waals surface area contributed by atoms with Crippen LogP contribution in [0.15, 0.2) is 77.7 Å². The van der Waals surface area contributed by atoms with Gasteiger partial charge in [-0.3, -0.25) is 9.10 Å². The number of hydrogen-bond donors (Lipinski definition) is 1. The first-order valence-corrected chi connectivity index (χ1v) is 14.4. The zero-order valence-corrected chi connectivity index (χ0v) is 22.2. The van der Waals surface area contributed by atoms with Crippen LogP contribution in [0.2, 0.25) is 0 Å². The molecular formula is C25H28FN3O6S2. The highest BCUT2D eigenvalue weighted by Crippen LogP contribution is 2.24. The Morgan fingerprint density at radius 1 is 0.919 bits per heavy atom. The van der Waals surface area contributed by atoms with E-state index >= 15 is 0 Å². The average molecular weight is 550 g/mol. The predicted molar refractivity (Wildman–Crippen MR) is 139 cm³/mol. The molecule has 0 saturated carbocycles. The van der Waals surface area contributed by atoms with E-state index in [4.69, 9.17) is 4.74 Å².